The van der Waals surface area contributed by atoms with Crippen LogP contribution in [-0.4, -0.2) is 56.6 Å². The van der Waals surface area contributed by atoms with Gasteiger partial charge in [-0.1, -0.05) is 0 Å². The Balaban J connectivity index is 2.19. The number of H-pyrrole nitrogens is 1. The first kappa shape index (κ1) is 25.2. The molecule has 174 valence electrons. The van der Waals surface area contributed by atoms with Crippen LogP contribution in [0, 0.1) is 15.6 Å². The zero-order chi connectivity index (χ0) is 23.7. The van der Waals surface area contributed by atoms with Gasteiger partial charge in [0.05, 0.1) is 16.4 Å². The average molecular weight is 459 g/mol. The van der Waals surface area contributed by atoms with Crippen LogP contribution in [0.25, 0.3) is 0 Å². The first-order chi connectivity index (χ1) is 14.1. The second kappa shape index (κ2) is 9.19. The van der Waals surface area contributed by atoms with Crippen LogP contribution in [-0.2, 0) is 30.4 Å². The number of rotatable bonds is 5. The maximum Gasteiger partial charge on any atom is 0.311 e. The summed E-state index contributed by atoms with van der Waals surface area (Å²) in [4.78, 5) is 38.6. The molecule has 0 saturated carbocycles. The lowest BCUT2D eigenvalue weighted by Crippen LogP contribution is -2.36. The van der Waals surface area contributed by atoms with Gasteiger partial charge in [0.25, 0.3) is 5.56 Å². The summed E-state index contributed by atoms with van der Waals surface area (Å²) in [5.74, 6) is -0.973. The Morgan fingerprint density at radius 1 is 1.10 bits per heavy atom. The molecule has 1 aliphatic heterocycles. The van der Waals surface area contributed by atoms with Crippen molar-refractivity contribution in [3.63, 3.8) is 0 Å². The lowest BCUT2D eigenvalue weighted by Gasteiger charge is -2.21. The molecule has 31 heavy (non-hydrogen) atoms. The summed E-state index contributed by atoms with van der Waals surface area (Å²) in [5.41, 5.74) is -1.94. The number of hydrogen-bond acceptors (Lipinski definition) is 9. The molecule has 2 heterocycles. The molecule has 0 spiro atoms. The predicted octanol–water partition coefficient (Wildman–Crippen LogP) is 1.20. The van der Waals surface area contributed by atoms with E-state index in [9.17, 15) is 24.6 Å². The van der Waals surface area contributed by atoms with E-state index in [1.807, 2.05) is 0 Å². The normalized spacial score (nSPS) is 24.1. The van der Waals surface area contributed by atoms with Gasteiger partial charge in [0.1, 0.15) is 31.5 Å². The number of ether oxygens (including phenoxy) is 3. The summed E-state index contributed by atoms with van der Waals surface area (Å²) in [6.45, 7) is 9.54. The third-order valence-electron chi connectivity index (χ3n) is 4.62. The number of carbonyl (C=O) groups is 2. The topological polar surface area (TPSA) is 140 Å². The molecule has 10 nitrogen and oxygen atoms in total. The van der Waals surface area contributed by atoms with Crippen LogP contribution in [0.15, 0.2) is 11.0 Å². The summed E-state index contributed by atoms with van der Waals surface area (Å²) in [5, 5.41) is 20.8. The number of aliphatic hydroxyl groups excluding tert-OH is 2. The molecule has 0 amide bonds. The number of aromatic nitrogens is 2. The molecular weight excluding hydrogens is 428 g/mol. The van der Waals surface area contributed by atoms with Crippen molar-refractivity contribution in [3.05, 3.63) is 26.9 Å². The molecule has 0 aromatic carbocycles. The third kappa shape index (κ3) is 6.00. The molecule has 0 radical (unpaired) electrons. The predicted molar refractivity (Wildman–Crippen MR) is 111 cm³/mol. The average Bonchev–Trinajstić information content (AvgIpc) is 2.92. The Bertz CT molecular complexity index is 940. The van der Waals surface area contributed by atoms with Gasteiger partial charge in [0, 0.05) is 6.20 Å². The van der Waals surface area contributed by atoms with Crippen molar-refractivity contribution in [2.45, 2.75) is 72.7 Å². The minimum atomic E-state index is -1.40. The standard InChI is InChI=1S/C20H30N2O8S/c1-19(2,3)16(26)28-8-10-7-22(18(31)21-14(10)25)15-13(24)12(23)11(30-15)9-29-17(27)20(4,5)6/h7,11-13,15,23-24H,8-9H2,1-6H3,(H,21,25,31)/t11-,12-,13-,15-/m1/s1. The van der Waals surface area contributed by atoms with E-state index in [2.05, 4.69) is 4.98 Å². The summed E-state index contributed by atoms with van der Waals surface area (Å²) < 4.78 is 17.2. The van der Waals surface area contributed by atoms with Gasteiger partial charge in [-0.15, -0.1) is 0 Å². The first-order valence-electron chi connectivity index (χ1n) is 9.83. The van der Waals surface area contributed by atoms with Crippen molar-refractivity contribution in [1.29, 1.82) is 0 Å². The lowest BCUT2D eigenvalue weighted by atomic mass is 9.97. The highest BCUT2D eigenvalue weighted by atomic mass is 32.1. The van der Waals surface area contributed by atoms with Gasteiger partial charge < -0.3 is 24.4 Å². The van der Waals surface area contributed by atoms with Crippen molar-refractivity contribution in [1.82, 2.24) is 9.55 Å². The van der Waals surface area contributed by atoms with Gasteiger partial charge in [-0.2, -0.15) is 0 Å². The summed E-state index contributed by atoms with van der Waals surface area (Å²) in [6, 6.07) is 0. The number of nitrogens with zero attached hydrogens (tertiary/aromatic N) is 1. The Kier molecular flexibility index (Phi) is 7.47. The van der Waals surface area contributed by atoms with Gasteiger partial charge in [-0.3, -0.25) is 23.9 Å². The second-order valence-corrected chi connectivity index (χ2v) is 9.93. The van der Waals surface area contributed by atoms with E-state index in [1.165, 1.54) is 10.8 Å². The van der Waals surface area contributed by atoms with Crippen molar-refractivity contribution in [2.75, 3.05) is 6.61 Å². The van der Waals surface area contributed by atoms with Gasteiger partial charge in [0.2, 0.25) is 0 Å². The molecular formula is C20H30N2O8S. The van der Waals surface area contributed by atoms with Crippen LogP contribution >= 0.6 is 12.2 Å². The van der Waals surface area contributed by atoms with Crippen LogP contribution in [0.3, 0.4) is 0 Å². The Hall–Kier alpha value is -2.08. The number of carbonyl (C=O) groups excluding carboxylic acids is 2. The highest BCUT2D eigenvalue weighted by molar-refractivity contribution is 7.71. The Morgan fingerprint density at radius 2 is 1.65 bits per heavy atom. The van der Waals surface area contributed by atoms with Gasteiger partial charge in [0.15, 0.2) is 11.0 Å². The van der Waals surface area contributed by atoms with Crippen LogP contribution in [0.1, 0.15) is 53.3 Å². The van der Waals surface area contributed by atoms with E-state index in [0.717, 1.165) is 0 Å². The molecule has 11 heteroatoms. The zero-order valence-electron chi connectivity index (χ0n) is 18.5. The molecule has 0 bridgehead atoms. The summed E-state index contributed by atoms with van der Waals surface area (Å²) in [6.07, 6.45) is -3.59. The molecule has 1 aromatic heterocycles. The molecule has 1 fully saturated rings. The number of nitrogens with one attached hydrogen (secondary N) is 1. The third-order valence-corrected chi connectivity index (χ3v) is 4.93. The number of hydrogen-bond donors (Lipinski definition) is 3. The van der Waals surface area contributed by atoms with Crippen molar-refractivity contribution < 1.29 is 34.0 Å². The van der Waals surface area contributed by atoms with Crippen LogP contribution in [0.5, 0.6) is 0 Å². The molecule has 1 aliphatic rings. The maximum absolute atomic E-state index is 12.2. The molecule has 4 atom stereocenters. The number of esters is 2. The molecule has 3 N–H and O–H groups in total. The van der Waals surface area contributed by atoms with E-state index in [1.54, 1.807) is 41.5 Å². The van der Waals surface area contributed by atoms with Gasteiger partial charge in [-0.25, -0.2) is 0 Å². The van der Waals surface area contributed by atoms with Crippen LogP contribution in [0.4, 0.5) is 0 Å². The van der Waals surface area contributed by atoms with E-state index in [4.69, 9.17) is 26.4 Å². The number of aliphatic hydroxyl groups is 2. The fraction of sp³-hybridized carbons (Fsp3) is 0.700. The highest BCUT2D eigenvalue weighted by Gasteiger charge is 2.45. The quantitative estimate of drug-likeness (QED) is 0.438. The Labute approximate surface area is 185 Å². The SMILES string of the molecule is CC(C)(C)C(=O)OCc1cn([C@@H]2O[C@H](COC(=O)C(C)(C)C)[C@@H](O)[C@H]2O)c(=S)[nH]c1=O. The summed E-state index contributed by atoms with van der Waals surface area (Å²) in [7, 11) is 0. The molecule has 0 aliphatic carbocycles. The maximum atomic E-state index is 12.2. The van der Waals surface area contributed by atoms with E-state index >= 15 is 0 Å². The molecule has 1 saturated heterocycles. The number of aromatic amines is 1. The molecule has 2 rings (SSSR count). The van der Waals surface area contributed by atoms with E-state index in [0.29, 0.717) is 0 Å². The molecule has 0 unspecified atom stereocenters. The van der Waals surface area contributed by atoms with Crippen LogP contribution < -0.4 is 5.56 Å². The first-order valence-corrected chi connectivity index (χ1v) is 10.2. The lowest BCUT2D eigenvalue weighted by molar-refractivity contribution is -0.159. The van der Waals surface area contributed by atoms with Crippen molar-refractivity contribution in [3.8, 4) is 0 Å². The highest BCUT2D eigenvalue weighted by Crippen LogP contribution is 2.30. The molecule has 1 aromatic rings. The smallest absolute Gasteiger partial charge is 0.311 e. The van der Waals surface area contributed by atoms with Crippen molar-refractivity contribution >= 4 is 24.2 Å². The monoisotopic (exact) mass is 458 g/mol. The van der Waals surface area contributed by atoms with E-state index < -0.39 is 52.9 Å². The van der Waals surface area contributed by atoms with E-state index in [-0.39, 0.29) is 23.5 Å². The fourth-order valence-corrected chi connectivity index (χ4v) is 2.90. The minimum Gasteiger partial charge on any atom is -0.462 e. The summed E-state index contributed by atoms with van der Waals surface area (Å²) >= 11 is 5.16. The second-order valence-electron chi connectivity index (χ2n) is 9.54. The van der Waals surface area contributed by atoms with Crippen LogP contribution in [0.2, 0.25) is 0 Å². The zero-order valence-corrected chi connectivity index (χ0v) is 19.3. The minimum absolute atomic E-state index is 0.0560. The van der Waals surface area contributed by atoms with Crippen molar-refractivity contribution in [2.24, 2.45) is 10.8 Å². The van der Waals surface area contributed by atoms with Gasteiger partial charge >= 0.3 is 11.9 Å². The largest absolute Gasteiger partial charge is 0.462 e. The van der Waals surface area contributed by atoms with Gasteiger partial charge in [-0.05, 0) is 53.8 Å². The Morgan fingerprint density at radius 3 is 2.19 bits per heavy atom. The fourth-order valence-electron chi connectivity index (χ4n) is 2.65.